The van der Waals surface area contributed by atoms with Gasteiger partial charge in [-0.15, -0.1) is 11.3 Å². The van der Waals surface area contributed by atoms with Crippen LogP contribution in [0.15, 0.2) is 17.5 Å². The Morgan fingerprint density at radius 1 is 1.43 bits per heavy atom. The van der Waals surface area contributed by atoms with Crippen LogP contribution in [0.1, 0.15) is 49.7 Å². The van der Waals surface area contributed by atoms with Gasteiger partial charge in [-0.25, -0.2) is 0 Å². The number of carbonyl (C=O) groups excluding carboxylic acids is 1. The van der Waals surface area contributed by atoms with E-state index in [-0.39, 0.29) is 5.91 Å². The lowest BCUT2D eigenvalue weighted by Gasteiger charge is -2.39. The maximum absolute atomic E-state index is 12.2. The fourth-order valence-electron chi connectivity index (χ4n) is 4.34. The standard InChI is InChI=1S/C16H22N2OS2/c1-15(2)7-11-8-16(3,9-15)10-18(11)14(20)17-13(19)12-5-4-6-21-12/h4-6,11H,7-10H2,1-3H3,(H,17,19,20)/t11-,16+/m1/s1. The first-order valence-corrected chi connectivity index (χ1v) is 8.72. The third-order valence-electron chi connectivity index (χ3n) is 4.64. The number of nitrogens with one attached hydrogen (secondary N) is 1. The number of fused-ring (bicyclic) bond motifs is 2. The van der Waals surface area contributed by atoms with Crippen LogP contribution in [0.5, 0.6) is 0 Å². The molecule has 1 aliphatic heterocycles. The molecular weight excluding hydrogens is 300 g/mol. The average molecular weight is 322 g/mol. The number of thiocarbonyl (C=S) groups is 1. The van der Waals surface area contributed by atoms with Crippen molar-refractivity contribution >= 4 is 34.6 Å². The zero-order chi connectivity index (χ0) is 15.3. The van der Waals surface area contributed by atoms with E-state index in [1.807, 2.05) is 17.5 Å². The maximum Gasteiger partial charge on any atom is 0.267 e. The highest BCUT2D eigenvalue weighted by molar-refractivity contribution is 7.80. The minimum atomic E-state index is -0.0825. The molecule has 3 rings (SSSR count). The van der Waals surface area contributed by atoms with E-state index in [2.05, 4.69) is 31.0 Å². The van der Waals surface area contributed by atoms with E-state index in [0.29, 0.717) is 26.9 Å². The van der Waals surface area contributed by atoms with Crippen molar-refractivity contribution < 1.29 is 4.79 Å². The molecule has 1 amide bonds. The fourth-order valence-corrected chi connectivity index (χ4v) is 5.26. The quantitative estimate of drug-likeness (QED) is 0.801. The largest absolute Gasteiger partial charge is 0.345 e. The highest BCUT2D eigenvalue weighted by Crippen LogP contribution is 2.52. The number of hydrogen-bond donors (Lipinski definition) is 1. The van der Waals surface area contributed by atoms with Gasteiger partial charge in [-0.3, -0.25) is 10.1 Å². The van der Waals surface area contributed by atoms with Crippen molar-refractivity contribution in [3.8, 4) is 0 Å². The molecule has 5 heteroatoms. The molecule has 0 radical (unpaired) electrons. The van der Waals surface area contributed by atoms with Crippen molar-refractivity contribution in [1.82, 2.24) is 10.2 Å². The van der Waals surface area contributed by atoms with Gasteiger partial charge in [0.1, 0.15) is 0 Å². The summed E-state index contributed by atoms with van der Waals surface area (Å²) >= 11 is 6.96. The van der Waals surface area contributed by atoms with E-state index in [1.165, 1.54) is 24.2 Å². The topological polar surface area (TPSA) is 32.3 Å². The molecule has 0 unspecified atom stereocenters. The lowest BCUT2D eigenvalue weighted by molar-refractivity contribution is 0.0976. The minimum Gasteiger partial charge on any atom is -0.345 e. The molecule has 1 aromatic rings. The summed E-state index contributed by atoms with van der Waals surface area (Å²) in [5.74, 6) is -0.0825. The molecule has 2 fully saturated rings. The number of rotatable bonds is 1. The van der Waals surface area contributed by atoms with Gasteiger partial charge in [0, 0.05) is 12.6 Å². The summed E-state index contributed by atoms with van der Waals surface area (Å²) in [5, 5.41) is 5.41. The Bertz CT molecular complexity index is 567. The fraction of sp³-hybridized carbons (Fsp3) is 0.625. The molecular formula is C16H22N2OS2. The molecule has 2 heterocycles. The summed E-state index contributed by atoms with van der Waals surface area (Å²) in [4.78, 5) is 15.1. The van der Waals surface area contributed by atoms with Gasteiger partial charge in [-0.2, -0.15) is 0 Å². The first-order chi connectivity index (χ1) is 9.78. The Morgan fingerprint density at radius 2 is 2.19 bits per heavy atom. The van der Waals surface area contributed by atoms with Gasteiger partial charge in [0.25, 0.3) is 5.91 Å². The van der Waals surface area contributed by atoms with Crippen LogP contribution < -0.4 is 5.32 Å². The first kappa shape index (κ1) is 15.0. The van der Waals surface area contributed by atoms with Crippen molar-refractivity contribution in [3.63, 3.8) is 0 Å². The second-order valence-electron chi connectivity index (χ2n) is 7.58. The van der Waals surface area contributed by atoms with E-state index in [9.17, 15) is 4.79 Å². The number of likely N-dealkylation sites (tertiary alicyclic amines) is 1. The van der Waals surface area contributed by atoms with Gasteiger partial charge in [-0.1, -0.05) is 26.8 Å². The molecule has 3 nitrogen and oxygen atoms in total. The van der Waals surface area contributed by atoms with Crippen LogP contribution in [0.4, 0.5) is 0 Å². The van der Waals surface area contributed by atoms with Crippen molar-refractivity contribution in [3.05, 3.63) is 22.4 Å². The van der Waals surface area contributed by atoms with Crippen molar-refractivity contribution in [2.24, 2.45) is 10.8 Å². The smallest absolute Gasteiger partial charge is 0.267 e. The second kappa shape index (κ2) is 5.06. The maximum atomic E-state index is 12.2. The predicted octanol–water partition coefficient (Wildman–Crippen LogP) is 3.66. The lowest BCUT2D eigenvalue weighted by Crippen LogP contribution is -2.45. The van der Waals surface area contributed by atoms with Crippen molar-refractivity contribution in [2.45, 2.75) is 46.1 Å². The predicted molar refractivity (Wildman–Crippen MR) is 90.6 cm³/mol. The Hall–Kier alpha value is -0.940. The average Bonchev–Trinajstić information content (AvgIpc) is 2.93. The molecule has 2 atom stereocenters. The highest BCUT2D eigenvalue weighted by atomic mass is 32.1. The normalized spacial score (nSPS) is 30.2. The first-order valence-electron chi connectivity index (χ1n) is 7.44. The van der Waals surface area contributed by atoms with Crippen molar-refractivity contribution in [1.29, 1.82) is 0 Å². The van der Waals surface area contributed by atoms with Crippen molar-refractivity contribution in [2.75, 3.05) is 6.54 Å². The summed E-state index contributed by atoms with van der Waals surface area (Å²) in [6.45, 7) is 8.00. The Labute approximate surface area is 135 Å². The van der Waals surface area contributed by atoms with Gasteiger partial charge >= 0.3 is 0 Å². The summed E-state index contributed by atoms with van der Waals surface area (Å²) in [6, 6.07) is 4.18. The zero-order valence-electron chi connectivity index (χ0n) is 12.8. The van der Waals surface area contributed by atoms with Gasteiger partial charge in [0.15, 0.2) is 5.11 Å². The van der Waals surface area contributed by atoms with Gasteiger partial charge < -0.3 is 4.90 Å². The third-order valence-corrected chi connectivity index (χ3v) is 5.85. The molecule has 2 bridgehead atoms. The van der Waals surface area contributed by atoms with Crippen LogP contribution in [-0.2, 0) is 0 Å². The van der Waals surface area contributed by atoms with Gasteiger partial charge in [0.2, 0.25) is 0 Å². The molecule has 0 aromatic carbocycles. The molecule has 1 N–H and O–H groups in total. The molecule has 1 aromatic heterocycles. The van der Waals surface area contributed by atoms with Gasteiger partial charge in [0.05, 0.1) is 4.88 Å². The number of hydrogen-bond acceptors (Lipinski definition) is 3. The second-order valence-corrected chi connectivity index (χ2v) is 8.91. The summed E-state index contributed by atoms with van der Waals surface area (Å²) in [6.07, 6.45) is 3.57. The molecule has 0 spiro atoms. The Balaban J connectivity index is 1.70. The number of amides is 1. The van der Waals surface area contributed by atoms with Crippen LogP contribution in [0.3, 0.4) is 0 Å². The molecule has 1 saturated carbocycles. The highest BCUT2D eigenvalue weighted by Gasteiger charge is 2.50. The number of nitrogens with zero attached hydrogens (tertiary/aromatic N) is 1. The van der Waals surface area contributed by atoms with Crippen LogP contribution >= 0.6 is 23.6 Å². The molecule has 2 aliphatic rings. The van der Waals surface area contributed by atoms with E-state index in [4.69, 9.17) is 12.2 Å². The minimum absolute atomic E-state index is 0.0825. The summed E-state index contributed by atoms with van der Waals surface area (Å²) < 4.78 is 0. The molecule has 114 valence electrons. The summed E-state index contributed by atoms with van der Waals surface area (Å²) in [7, 11) is 0. The molecule has 1 saturated heterocycles. The van der Waals surface area contributed by atoms with Crippen LogP contribution in [0.2, 0.25) is 0 Å². The zero-order valence-corrected chi connectivity index (χ0v) is 14.4. The lowest BCUT2D eigenvalue weighted by atomic mass is 9.65. The Morgan fingerprint density at radius 3 is 2.86 bits per heavy atom. The van der Waals surface area contributed by atoms with Gasteiger partial charge in [-0.05, 0) is 53.8 Å². The monoisotopic (exact) mass is 322 g/mol. The van der Waals surface area contributed by atoms with E-state index in [1.54, 1.807) is 0 Å². The SMILES string of the molecule is CC1(C)C[C@@H]2C[C@](C)(CN2C(=S)NC(=O)c2cccs2)C1. The Kier molecular flexibility index (Phi) is 3.61. The van der Waals surface area contributed by atoms with Crippen LogP contribution in [-0.4, -0.2) is 28.5 Å². The molecule has 1 aliphatic carbocycles. The van der Waals surface area contributed by atoms with E-state index < -0.39 is 0 Å². The van der Waals surface area contributed by atoms with Crippen LogP contribution in [0, 0.1) is 10.8 Å². The number of carbonyl (C=O) groups is 1. The summed E-state index contributed by atoms with van der Waals surface area (Å²) in [5.41, 5.74) is 0.684. The van der Waals surface area contributed by atoms with Crippen LogP contribution in [0.25, 0.3) is 0 Å². The number of thiophene rings is 1. The molecule has 21 heavy (non-hydrogen) atoms. The third kappa shape index (κ3) is 2.99. The van der Waals surface area contributed by atoms with E-state index in [0.717, 1.165) is 13.0 Å². The van der Waals surface area contributed by atoms with E-state index >= 15 is 0 Å².